The Bertz CT molecular complexity index is 248. The molecule has 0 saturated carbocycles. The van der Waals surface area contributed by atoms with E-state index in [-0.39, 0.29) is 0 Å². The molecule has 0 amide bonds. The first kappa shape index (κ1) is 12.2. The Labute approximate surface area is 94.8 Å². The van der Waals surface area contributed by atoms with Gasteiger partial charge in [0.15, 0.2) is 5.11 Å². The lowest BCUT2D eigenvalue weighted by Crippen LogP contribution is -2.58. The van der Waals surface area contributed by atoms with Crippen LogP contribution >= 0.6 is 12.2 Å². The van der Waals surface area contributed by atoms with Crippen molar-refractivity contribution in [2.24, 2.45) is 5.92 Å². The van der Waals surface area contributed by atoms with Crippen LogP contribution in [0, 0.1) is 5.92 Å². The molecule has 0 radical (unpaired) electrons. The summed E-state index contributed by atoms with van der Waals surface area (Å²) in [6, 6.07) is -0.451. The summed E-state index contributed by atoms with van der Waals surface area (Å²) in [6.45, 7) is 5.03. The summed E-state index contributed by atoms with van der Waals surface area (Å²) in [5.41, 5.74) is 0. The maximum absolute atomic E-state index is 11.1. The van der Waals surface area contributed by atoms with E-state index < -0.39 is 12.0 Å². The zero-order valence-electron chi connectivity index (χ0n) is 8.99. The summed E-state index contributed by atoms with van der Waals surface area (Å²) in [7, 11) is 0. The number of nitrogens with zero attached hydrogens (tertiary/aromatic N) is 1. The van der Waals surface area contributed by atoms with Crippen LogP contribution in [0.25, 0.3) is 0 Å². The molecule has 1 fully saturated rings. The van der Waals surface area contributed by atoms with Crippen LogP contribution in [0.4, 0.5) is 0 Å². The molecule has 1 saturated heterocycles. The number of carboxylic acids is 1. The van der Waals surface area contributed by atoms with Gasteiger partial charge in [-0.1, -0.05) is 13.8 Å². The van der Waals surface area contributed by atoms with Gasteiger partial charge in [-0.15, -0.1) is 0 Å². The van der Waals surface area contributed by atoms with E-state index in [9.17, 15) is 4.79 Å². The molecular weight excluding hydrogens is 214 g/mol. The molecule has 1 heterocycles. The summed E-state index contributed by atoms with van der Waals surface area (Å²) >= 11 is 4.90. The fraction of sp³-hybridized carbons (Fsp3) is 0.778. The van der Waals surface area contributed by atoms with Gasteiger partial charge in [0.05, 0.1) is 13.3 Å². The fourth-order valence-electron chi connectivity index (χ4n) is 1.54. The molecule has 0 aliphatic carbocycles. The average Bonchev–Trinajstić information content (AvgIpc) is 2.15. The number of aliphatic carboxylic acids is 1. The van der Waals surface area contributed by atoms with Crippen molar-refractivity contribution in [2.75, 3.05) is 13.3 Å². The van der Waals surface area contributed by atoms with Crippen LogP contribution in [-0.4, -0.2) is 40.5 Å². The van der Waals surface area contributed by atoms with Crippen molar-refractivity contribution < 1.29 is 9.90 Å². The van der Waals surface area contributed by atoms with Crippen molar-refractivity contribution >= 4 is 23.3 Å². The van der Waals surface area contributed by atoms with Gasteiger partial charge in [0, 0.05) is 0 Å². The van der Waals surface area contributed by atoms with Gasteiger partial charge in [0.1, 0.15) is 6.04 Å². The summed E-state index contributed by atoms with van der Waals surface area (Å²) in [5, 5.41) is 15.5. The topological polar surface area (TPSA) is 64.6 Å². The van der Waals surface area contributed by atoms with Gasteiger partial charge >= 0.3 is 5.97 Å². The molecule has 0 aromatic heterocycles. The van der Waals surface area contributed by atoms with Crippen molar-refractivity contribution in [1.82, 2.24) is 15.5 Å². The number of nitrogens with one attached hydrogen (secondary N) is 2. The highest BCUT2D eigenvalue weighted by molar-refractivity contribution is 7.80. The minimum atomic E-state index is -0.778. The first-order valence-corrected chi connectivity index (χ1v) is 5.40. The largest absolute Gasteiger partial charge is 0.480 e. The minimum Gasteiger partial charge on any atom is -0.480 e. The van der Waals surface area contributed by atoms with Crippen molar-refractivity contribution in [3.05, 3.63) is 0 Å². The Balaban J connectivity index is 2.56. The molecule has 5 nitrogen and oxygen atoms in total. The predicted octanol–water partition coefficient (Wildman–Crippen LogP) is 0.180. The normalized spacial score (nSPS) is 19.5. The smallest absolute Gasteiger partial charge is 0.321 e. The standard InChI is InChI=1S/C9H17N3O2S/c1-6(2)3-7(8(13)14)12-4-10-9(15)11-5-12/h6-7H,3-5H2,1-2H3,(H,13,14)(H2,10,11,15)/t7-/m0/s1. The highest BCUT2D eigenvalue weighted by atomic mass is 32.1. The molecule has 0 unspecified atom stereocenters. The van der Waals surface area contributed by atoms with Crippen LogP contribution in [-0.2, 0) is 4.79 Å². The second kappa shape index (κ2) is 5.27. The van der Waals surface area contributed by atoms with E-state index in [4.69, 9.17) is 17.3 Å². The van der Waals surface area contributed by atoms with Gasteiger partial charge in [-0.2, -0.15) is 0 Å². The van der Waals surface area contributed by atoms with Gasteiger partial charge < -0.3 is 15.7 Å². The van der Waals surface area contributed by atoms with Gasteiger partial charge in [0.25, 0.3) is 0 Å². The zero-order valence-corrected chi connectivity index (χ0v) is 9.80. The summed E-state index contributed by atoms with van der Waals surface area (Å²) in [6.07, 6.45) is 0.644. The molecular formula is C9H17N3O2S. The van der Waals surface area contributed by atoms with E-state index in [0.717, 1.165) is 0 Å². The minimum absolute atomic E-state index is 0.361. The lowest BCUT2D eigenvalue weighted by Gasteiger charge is -2.34. The monoisotopic (exact) mass is 231 g/mol. The maximum atomic E-state index is 11.1. The molecule has 1 aliphatic rings. The highest BCUT2D eigenvalue weighted by Crippen LogP contribution is 2.11. The molecule has 0 bridgehead atoms. The van der Waals surface area contributed by atoms with E-state index in [1.165, 1.54) is 0 Å². The zero-order chi connectivity index (χ0) is 11.4. The van der Waals surface area contributed by atoms with Crippen LogP contribution in [0.5, 0.6) is 0 Å². The lowest BCUT2D eigenvalue weighted by molar-refractivity contribution is -0.144. The van der Waals surface area contributed by atoms with Crippen LogP contribution in [0.3, 0.4) is 0 Å². The third-order valence-corrected chi connectivity index (χ3v) is 2.59. The molecule has 0 spiro atoms. The van der Waals surface area contributed by atoms with E-state index in [1.807, 2.05) is 18.7 Å². The lowest BCUT2D eigenvalue weighted by atomic mass is 10.0. The van der Waals surface area contributed by atoms with Gasteiger partial charge in [-0.25, -0.2) is 0 Å². The summed E-state index contributed by atoms with van der Waals surface area (Å²) in [4.78, 5) is 12.9. The quantitative estimate of drug-likeness (QED) is 0.600. The molecule has 0 aromatic rings. The Hall–Kier alpha value is -0.880. The highest BCUT2D eigenvalue weighted by Gasteiger charge is 2.28. The number of rotatable bonds is 4. The first-order chi connectivity index (χ1) is 7.00. The molecule has 1 aliphatic heterocycles. The third-order valence-electron chi connectivity index (χ3n) is 2.31. The van der Waals surface area contributed by atoms with Gasteiger partial charge in [-0.3, -0.25) is 9.69 Å². The summed E-state index contributed by atoms with van der Waals surface area (Å²) < 4.78 is 0. The van der Waals surface area contributed by atoms with Crippen LogP contribution in [0.15, 0.2) is 0 Å². The number of thiocarbonyl (C=S) groups is 1. The summed E-state index contributed by atoms with van der Waals surface area (Å²) in [5.74, 6) is -0.417. The molecule has 6 heteroatoms. The Morgan fingerprint density at radius 1 is 1.53 bits per heavy atom. The Morgan fingerprint density at radius 3 is 2.47 bits per heavy atom. The molecule has 1 rings (SSSR count). The number of carboxylic acid groups (broad SMARTS) is 1. The van der Waals surface area contributed by atoms with Crippen molar-refractivity contribution in [1.29, 1.82) is 0 Å². The van der Waals surface area contributed by atoms with E-state index >= 15 is 0 Å². The van der Waals surface area contributed by atoms with Crippen LogP contribution in [0.2, 0.25) is 0 Å². The average molecular weight is 231 g/mol. The Kier molecular flexibility index (Phi) is 4.28. The van der Waals surface area contributed by atoms with Gasteiger partial charge in [0.2, 0.25) is 0 Å². The SMILES string of the molecule is CC(C)C[C@@H](C(=O)O)N1CNC(=S)NC1. The second-order valence-corrected chi connectivity index (χ2v) is 4.48. The van der Waals surface area contributed by atoms with Crippen molar-refractivity contribution in [3.8, 4) is 0 Å². The fourth-order valence-corrected chi connectivity index (χ4v) is 1.67. The molecule has 0 aromatic carbocycles. The van der Waals surface area contributed by atoms with E-state index in [0.29, 0.717) is 30.8 Å². The molecule has 15 heavy (non-hydrogen) atoms. The van der Waals surface area contributed by atoms with E-state index in [2.05, 4.69) is 10.6 Å². The Morgan fingerprint density at radius 2 is 2.07 bits per heavy atom. The number of hydrogen-bond donors (Lipinski definition) is 3. The number of hydrogen-bond acceptors (Lipinski definition) is 3. The second-order valence-electron chi connectivity index (χ2n) is 4.07. The molecule has 1 atom stereocenters. The maximum Gasteiger partial charge on any atom is 0.321 e. The number of carbonyl (C=O) groups is 1. The van der Waals surface area contributed by atoms with Crippen LogP contribution in [0.1, 0.15) is 20.3 Å². The first-order valence-electron chi connectivity index (χ1n) is 4.99. The molecule has 86 valence electrons. The van der Waals surface area contributed by atoms with Crippen LogP contribution < -0.4 is 10.6 Å². The van der Waals surface area contributed by atoms with Gasteiger partial charge in [-0.05, 0) is 24.6 Å². The van der Waals surface area contributed by atoms with E-state index in [1.54, 1.807) is 0 Å². The predicted molar refractivity (Wildman–Crippen MR) is 61.3 cm³/mol. The van der Waals surface area contributed by atoms with Crippen molar-refractivity contribution in [3.63, 3.8) is 0 Å². The van der Waals surface area contributed by atoms with Crippen molar-refractivity contribution in [2.45, 2.75) is 26.3 Å². The third kappa shape index (κ3) is 3.64. The molecule has 3 N–H and O–H groups in total.